The summed E-state index contributed by atoms with van der Waals surface area (Å²) in [4.78, 5) is 11.8. The van der Waals surface area contributed by atoms with Crippen LogP contribution in [0.3, 0.4) is 0 Å². The van der Waals surface area contributed by atoms with Crippen molar-refractivity contribution in [3.8, 4) is 0 Å². The van der Waals surface area contributed by atoms with Crippen molar-refractivity contribution < 1.29 is 19.7 Å². The van der Waals surface area contributed by atoms with Gasteiger partial charge in [0.15, 0.2) is 0 Å². The van der Waals surface area contributed by atoms with Gasteiger partial charge in [0.2, 0.25) is 11.9 Å². The lowest BCUT2D eigenvalue weighted by atomic mass is 10.2. The highest BCUT2D eigenvalue weighted by Crippen LogP contribution is 2.27. The molecule has 0 radical (unpaired) electrons. The monoisotopic (exact) mass is 332 g/mol. The number of nitrogens with zero attached hydrogens (tertiary/aromatic N) is 2. The molecule has 7 nitrogen and oxygen atoms in total. The summed E-state index contributed by atoms with van der Waals surface area (Å²) in [6, 6.07) is 0. The van der Waals surface area contributed by atoms with Crippen LogP contribution in [-0.4, -0.2) is 33.6 Å². The number of hydrogen-bond donors (Lipinski definition) is 2. The summed E-state index contributed by atoms with van der Waals surface area (Å²) in [7, 11) is 0. The van der Waals surface area contributed by atoms with Gasteiger partial charge in [0.05, 0.1) is 23.4 Å². The Morgan fingerprint density at radius 2 is 2.42 bits per heavy atom. The summed E-state index contributed by atoms with van der Waals surface area (Å²) in [5.74, 6) is 0. The zero-order valence-corrected chi connectivity index (χ0v) is 11.5. The van der Waals surface area contributed by atoms with E-state index in [2.05, 4.69) is 22.5 Å². The van der Waals surface area contributed by atoms with Crippen LogP contribution in [0.4, 0.5) is 0 Å². The molecule has 0 aliphatic carbocycles. The minimum absolute atomic E-state index is 0.169. The van der Waals surface area contributed by atoms with Crippen LogP contribution in [0.1, 0.15) is 18.3 Å². The molecule has 1 aliphatic heterocycles. The van der Waals surface area contributed by atoms with E-state index < -0.39 is 24.0 Å². The topological polar surface area (TPSA) is 98.6 Å². The van der Waals surface area contributed by atoms with Gasteiger partial charge in [-0.1, -0.05) is 6.58 Å². The number of hydrogen-bond acceptors (Lipinski definition) is 5. The van der Waals surface area contributed by atoms with Gasteiger partial charge in [-0.05, 0) is 15.9 Å². The molecule has 2 N–H and O–H groups in total. The van der Waals surface area contributed by atoms with E-state index >= 15 is 0 Å². The lowest BCUT2D eigenvalue weighted by Gasteiger charge is -2.15. The molecular weight excluding hydrogens is 320 g/mol. The summed E-state index contributed by atoms with van der Waals surface area (Å²) in [6.07, 6.45) is 0.0471. The van der Waals surface area contributed by atoms with Crippen molar-refractivity contribution in [2.45, 2.75) is 24.9 Å². The van der Waals surface area contributed by atoms with Crippen molar-refractivity contribution in [2.75, 3.05) is 6.61 Å². The first kappa shape index (κ1) is 14.2. The molecule has 0 spiro atoms. The first-order valence-electron chi connectivity index (χ1n) is 5.58. The van der Waals surface area contributed by atoms with E-state index in [0.717, 1.165) is 6.20 Å². The second-order valence-electron chi connectivity index (χ2n) is 4.23. The molecular formula is C11H13BrN2O5. The molecule has 1 saturated heterocycles. The highest BCUT2D eigenvalue weighted by molar-refractivity contribution is 9.15. The fraction of sp³-hybridized carbons (Fsp3) is 0.455. The SMILES string of the molecule is C=C(Br)c1cn(C2C[C@H](O)[C@@H](CO)O2)c(=O)c[n+]1[O-]. The van der Waals surface area contributed by atoms with Crippen LogP contribution in [0.2, 0.25) is 0 Å². The summed E-state index contributed by atoms with van der Waals surface area (Å²) in [6.45, 7) is 3.25. The van der Waals surface area contributed by atoms with E-state index in [0.29, 0.717) is 9.21 Å². The van der Waals surface area contributed by atoms with Crippen molar-refractivity contribution in [3.05, 3.63) is 40.2 Å². The lowest BCUT2D eigenvalue weighted by molar-refractivity contribution is -0.609. The van der Waals surface area contributed by atoms with Gasteiger partial charge in [0.25, 0.3) is 0 Å². The predicted molar refractivity (Wildman–Crippen MR) is 69.2 cm³/mol. The molecule has 2 heterocycles. The van der Waals surface area contributed by atoms with Crippen LogP contribution in [0.15, 0.2) is 23.8 Å². The number of aromatic nitrogens is 2. The van der Waals surface area contributed by atoms with Crippen LogP contribution in [0, 0.1) is 5.21 Å². The molecule has 1 aliphatic rings. The molecule has 0 aromatic carbocycles. The molecule has 1 fully saturated rings. The average molecular weight is 333 g/mol. The van der Waals surface area contributed by atoms with E-state index in [-0.39, 0.29) is 18.7 Å². The lowest BCUT2D eigenvalue weighted by Crippen LogP contribution is -2.40. The molecule has 3 atom stereocenters. The highest BCUT2D eigenvalue weighted by atomic mass is 79.9. The van der Waals surface area contributed by atoms with Gasteiger partial charge in [0.1, 0.15) is 12.3 Å². The second kappa shape index (κ2) is 5.41. The van der Waals surface area contributed by atoms with Gasteiger partial charge in [-0.2, -0.15) is 4.73 Å². The molecule has 1 aromatic rings. The van der Waals surface area contributed by atoms with Gasteiger partial charge in [0, 0.05) is 6.42 Å². The molecule has 0 amide bonds. The van der Waals surface area contributed by atoms with Crippen LogP contribution in [0.5, 0.6) is 0 Å². The Morgan fingerprint density at radius 3 is 2.95 bits per heavy atom. The maximum atomic E-state index is 11.8. The number of rotatable bonds is 3. The average Bonchev–Trinajstić information content (AvgIpc) is 2.69. The van der Waals surface area contributed by atoms with Crippen LogP contribution in [-0.2, 0) is 4.74 Å². The summed E-state index contributed by atoms with van der Waals surface area (Å²) < 4.78 is 7.31. The molecule has 8 heteroatoms. The Balaban J connectivity index is 2.38. The first-order chi connectivity index (χ1) is 8.93. The third-order valence-corrected chi connectivity index (χ3v) is 3.36. The van der Waals surface area contributed by atoms with E-state index in [9.17, 15) is 15.1 Å². The van der Waals surface area contributed by atoms with Crippen molar-refractivity contribution in [3.63, 3.8) is 0 Å². The minimum Gasteiger partial charge on any atom is -0.618 e. The predicted octanol–water partition coefficient (Wildman–Crippen LogP) is -0.512. The normalized spacial score (nSPS) is 26.6. The fourth-order valence-electron chi connectivity index (χ4n) is 1.95. The zero-order valence-electron chi connectivity index (χ0n) is 9.90. The highest BCUT2D eigenvalue weighted by Gasteiger charge is 2.35. The number of aliphatic hydroxyl groups excluding tert-OH is 2. The van der Waals surface area contributed by atoms with Crippen LogP contribution in [0.25, 0.3) is 4.48 Å². The Labute approximate surface area is 117 Å². The molecule has 0 saturated carbocycles. The van der Waals surface area contributed by atoms with Gasteiger partial charge < -0.3 is 20.2 Å². The molecule has 0 bridgehead atoms. The Morgan fingerprint density at radius 1 is 1.74 bits per heavy atom. The van der Waals surface area contributed by atoms with Gasteiger partial charge in [-0.3, -0.25) is 9.36 Å². The van der Waals surface area contributed by atoms with E-state index in [1.165, 1.54) is 10.8 Å². The van der Waals surface area contributed by atoms with Gasteiger partial charge in [-0.25, -0.2) is 0 Å². The summed E-state index contributed by atoms with van der Waals surface area (Å²) in [5, 5.41) is 30.2. The molecule has 1 unspecified atom stereocenters. The van der Waals surface area contributed by atoms with E-state index in [4.69, 9.17) is 9.84 Å². The van der Waals surface area contributed by atoms with Crippen molar-refractivity contribution in [1.82, 2.24) is 4.57 Å². The summed E-state index contributed by atoms with van der Waals surface area (Å²) >= 11 is 3.08. The molecule has 2 rings (SSSR count). The number of aliphatic hydroxyl groups is 2. The van der Waals surface area contributed by atoms with Crippen molar-refractivity contribution in [2.24, 2.45) is 0 Å². The number of ether oxygens (including phenoxy) is 1. The van der Waals surface area contributed by atoms with Gasteiger partial charge in [-0.15, -0.1) is 0 Å². The zero-order chi connectivity index (χ0) is 14.2. The minimum atomic E-state index is -0.850. The standard InChI is InChI=1S/C11H13BrN2O5/c1-6(12)7-3-13(10(17)4-14(7)18)11-2-8(16)9(5-15)19-11/h3-4,8-9,11,15-16H,1-2,5H2/t8-,9+,11?/m0/s1. The van der Waals surface area contributed by atoms with Crippen molar-refractivity contribution in [1.29, 1.82) is 0 Å². The smallest absolute Gasteiger partial charge is 0.318 e. The maximum Gasteiger partial charge on any atom is 0.318 e. The van der Waals surface area contributed by atoms with Crippen molar-refractivity contribution >= 4 is 20.4 Å². The van der Waals surface area contributed by atoms with E-state index in [1.807, 2.05) is 0 Å². The third kappa shape index (κ3) is 2.71. The molecule has 104 valence electrons. The van der Waals surface area contributed by atoms with E-state index in [1.54, 1.807) is 0 Å². The Kier molecular flexibility index (Phi) is 4.04. The quantitative estimate of drug-likeness (QED) is 0.573. The van der Waals surface area contributed by atoms with Crippen LogP contribution < -0.4 is 10.3 Å². The number of halogens is 1. The van der Waals surface area contributed by atoms with Gasteiger partial charge >= 0.3 is 5.56 Å². The third-order valence-electron chi connectivity index (χ3n) is 2.95. The maximum absolute atomic E-state index is 11.8. The molecule has 1 aromatic heterocycles. The first-order valence-corrected chi connectivity index (χ1v) is 6.38. The Bertz CT molecular complexity index is 559. The fourth-order valence-corrected chi connectivity index (χ4v) is 2.23. The largest absolute Gasteiger partial charge is 0.618 e. The molecule has 19 heavy (non-hydrogen) atoms. The van der Waals surface area contributed by atoms with Crippen LogP contribution >= 0.6 is 15.9 Å². The Hall–Kier alpha value is -1.22. The second-order valence-corrected chi connectivity index (χ2v) is 5.19. The summed E-state index contributed by atoms with van der Waals surface area (Å²) in [5.41, 5.74) is -0.381.